The normalized spacial score (nSPS) is 15.5. The van der Waals surface area contributed by atoms with Crippen LogP contribution in [0.5, 0.6) is 0 Å². The van der Waals surface area contributed by atoms with Crippen molar-refractivity contribution in [2.24, 2.45) is 0 Å². The van der Waals surface area contributed by atoms with Crippen LogP contribution in [0, 0.1) is 35.6 Å². The van der Waals surface area contributed by atoms with Crippen LogP contribution in [0.2, 0.25) is 0 Å². The molecule has 1 saturated heterocycles. The predicted octanol–water partition coefficient (Wildman–Crippen LogP) is 2.43. The molecule has 32 heavy (non-hydrogen) atoms. The van der Waals surface area contributed by atoms with Crippen LogP contribution in [-0.4, -0.2) is 61.2 Å². The molecule has 1 aliphatic rings. The smallest absolute Gasteiger partial charge is 0.293 e. The molecule has 0 bridgehead atoms. The number of piperazine rings is 1. The maximum absolute atomic E-state index is 13.4. The van der Waals surface area contributed by atoms with Crippen LogP contribution in [0.1, 0.15) is 11.1 Å². The molecule has 1 aliphatic heterocycles. The molecule has 12 heteroatoms. The molecular formula is C20H22F2N4O5S. The molecule has 0 radical (unpaired) electrons. The largest absolute Gasteiger partial charge is 0.319 e. The van der Waals surface area contributed by atoms with E-state index >= 15 is 0 Å². The van der Waals surface area contributed by atoms with Gasteiger partial charge in [0, 0.05) is 32.2 Å². The molecule has 0 aromatic heterocycles. The average molecular weight is 468 g/mol. The van der Waals surface area contributed by atoms with E-state index in [4.69, 9.17) is 0 Å². The maximum Gasteiger partial charge on any atom is 0.293 e. The zero-order valence-electron chi connectivity index (χ0n) is 17.5. The van der Waals surface area contributed by atoms with Crippen molar-refractivity contribution in [2.45, 2.75) is 18.7 Å². The van der Waals surface area contributed by atoms with E-state index in [1.165, 1.54) is 12.1 Å². The number of nitro benzene ring substituents is 1. The van der Waals surface area contributed by atoms with Crippen molar-refractivity contribution in [1.82, 2.24) is 9.21 Å². The molecule has 0 atom stereocenters. The zero-order chi connectivity index (χ0) is 23.6. The number of aryl methyl sites for hydroxylation is 2. The summed E-state index contributed by atoms with van der Waals surface area (Å²) in [6.07, 6.45) is 0. The standard InChI is InChI=1S/C20H22F2N4O5S/c1-13-9-18(19(26(28)29)10-14(13)2)23-20(27)12-24-5-7-25(8-6-24)32(30,31)15-3-4-16(21)17(22)11-15/h3-4,9-11H,5-8,12H2,1-2H3,(H,23,27). The van der Waals surface area contributed by atoms with E-state index in [9.17, 15) is 32.1 Å². The molecule has 0 unspecified atom stereocenters. The summed E-state index contributed by atoms with van der Waals surface area (Å²) in [7, 11) is -4.00. The van der Waals surface area contributed by atoms with Crippen LogP contribution >= 0.6 is 0 Å². The number of carbonyl (C=O) groups is 1. The van der Waals surface area contributed by atoms with E-state index in [1.54, 1.807) is 18.7 Å². The molecule has 1 fully saturated rings. The summed E-state index contributed by atoms with van der Waals surface area (Å²) in [6, 6.07) is 5.34. The van der Waals surface area contributed by atoms with Gasteiger partial charge < -0.3 is 5.32 Å². The van der Waals surface area contributed by atoms with Gasteiger partial charge in [0.2, 0.25) is 15.9 Å². The molecule has 0 aliphatic carbocycles. The Hall–Kier alpha value is -2.96. The first kappa shape index (κ1) is 23.7. The Kier molecular flexibility index (Phi) is 6.86. The van der Waals surface area contributed by atoms with Gasteiger partial charge >= 0.3 is 0 Å². The second kappa shape index (κ2) is 9.27. The fraction of sp³-hybridized carbons (Fsp3) is 0.350. The Balaban J connectivity index is 1.62. The highest BCUT2D eigenvalue weighted by Crippen LogP contribution is 2.28. The van der Waals surface area contributed by atoms with Crippen LogP contribution in [-0.2, 0) is 14.8 Å². The number of hydrogen-bond donors (Lipinski definition) is 1. The third-order valence-corrected chi connectivity index (χ3v) is 7.20. The first-order valence-corrected chi connectivity index (χ1v) is 11.2. The molecule has 2 aromatic rings. The third kappa shape index (κ3) is 5.09. The van der Waals surface area contributed by atoms with Gasteiger partial charge in [-0.25, -0.2) is 17.2 Å². The fourth-order valence-corrected chi connectivity index (χ4v) is 4.79. The maximum atomic E-state index is 13.4. The van der Waals surface area contributed by atoms with E-state index in [0.29, 0.717) is 6.07 Å². The number of halogens is 2. The number of amides is 1. The lowest BCUT2D eigenvalue weighted by molar-refractivity contribution is -0.384. The number of carbonyl (C=O) groups excluding carboxylic acids is 1. The van der Waals surface area contributed by atoms with Gasteiger partial charge in [0.1, 0.15) is 5.69 Å². The van der Waals surface area contributed by atoms with E-state index in [2.05, 4.69) is 5.32 Å². The minimum atomic E-state index is -4.00. The Morgan fingerprint density at radius 3 is 2.28 bits per heavy atom. The first-order valence-electron chi connectivity index (χ1n) is 9.72. The van der Waals surface area contributed by atoms with Crippen LogP contribution in [0.15, 0.2) is 35.2 Å². The lowest BCUT2D eigenvalue weighted by Gasteiger charge is -2.33. The monoisotopic (exact) mass is 468 g/mol. The average Bonchev–Trinajstić information content (AvgIpc) is 2.72. The Morgan fingerprint density at radius 2 is 1.69 bits per heavy atom. The first-order chi connectivity index (χ1) is 15.0. The lowest BCUT2D eigenvalue weighted by atomic mass is 10.1. The minimum absolute atomic E-state index is 0.0540. The minimum Gasteiger partial charge on any atom is -0.319 e. The molecule has 3 rings (SSSR count). The molecule has 9 nitrogen and oxygen atoms in total. The number of hydrogen-bond acceptors (Lipinski definition) is 6. The Morgan fingerprint density at radius 1 is 1.06 bits per heavy atom. The van der Waals surface area contributed by atoms with Gasteiger partial charge in [-0.05, 0) is 49.2 Å². The predicted molar refractivity (Wildman–Crippen MR) is 113 cm³/mol. The number of rotatable bonds is 6. The van der Waals surface area contributed by atoms with Crippen LogP contribution in [0.3, 0.4) is 0 Å². The summed E-state index contributed by atoms with van der Waals surface area (Å²) in [5.41, 5.74) is 1.42. The molecule has 172 valence electrons. The van der Waals surface area contributed by atoms with E-state index in [0.717, 1.165) is 27.6 Å². The summed E-state index contributed by atoms with van der Waals surface area (Å²) in [6.45, 7) is 4.00. The van der Waals surface area contributed by atoms with Gasteiger partial charge in [0.15, 0.2) is 11.6 Å². The van der Waals surface area contributed by atoms with E-state index < -0.39 is 32.5 Å². The number of nitro groups is 1. The highest BCUT2D eigenvalue weighted by atomic mass is 32.2. The number of anilines is 1. The van der Waals surface area contributed by atoms with Crippen molar-refractivity contribution in [3.05, 3.63) is 63.2 Å². The Bertz CT molecular complexity index is 1160. The quantitative estimate of drug-likeness (QED) is 0.515. The lowest BCUT2D eigenvalue weighted by Crippen LogP contribution is -2.50. The van der Waals surface area contributed by atoms with Crippen molar-refractivity contribution >= 4 is 27.3 Å². The van der Waals surface area contributed by atoms with Gasteiger partial charge in [-0.2, -0.15) is 4.31 Å². The molecule has 2 aromatic carbocycles. The van der Waals surface area contributed by atoms with Gasteiger partial charge in [-0.15, -0.1) is 0 Å². The molecule has 0 spiro atoms. The second-order valence-corrected chi connectivity index (χ2v) is 9.45. The Labute approximate surface area is 183 Å². The van der Waals surface area contributed by atoms with Gasteiger partial charge in [0.25, 0.3) is 5.69 Å². The number of nitrogens with zero attached hydrogens (tertiary/aromatic N) is 3. The van der Waals surface area contributed by atoms with Crippen molar-refractivity contribution in [3.8, 4) is 0 Å². The number of nitrogens with one attached hydrogen (secondary N) is 1. The summed E-state index contributed by atoms with van der Waals surface area (Å²) < 4.78 is 53.0. The number of sulfonamides is 1. The van der Waals surface area contributed by atoms with Crippen LogP contribution in [0.4, 0.5) is 20.2 Å². The summed E-state index contributed by atoms with van der Waals surface area (Å²) in [4.78, 5) is 24.5. The topological polar surface area (TPSA) is 113 Å². The summed E-state index contributed by atoms with van der Waals surface area (Å²) in [5, 5.41) is 13.8. The molecule has 1 N–H and O–H groups in total. The van der Waals surface area contributed by atoms with Gasteiger partial charge in [0.05, 0.1) is 16.4 Å². The van der Waals surface area contributed by atoms with Crippen molar-refractivity contribution < 1.29 is 26.9 Å². The number of benzene rings is 2. The molecule has 1 amide bonds. The fourth-order valence-electron chi connectivity index (χ4n) is 3.36. The van der Waals surface area contributed by atoms with Crippen molar-refractivity contribution in [1.29, 1.82) is 0 Å². The van der Waals surface area contributed by atoms with Crippen LogP contribution < -0.4 is 5.32 Å². The second-order valence-electron chi connectivity index (χ2n) is 7.52. The molecular weight excluding hydrogens is 446 g/mol. The van der Waals surface area contributed by atoms with E-state index in [-0.39, 0.29) is 49.0 Å². The van der Waals surface area contributed by atoms with Gasteiger partial charge in [-0.1, -0.05) is 0 Å². The third-order valence-electron chi connectivity index (χ3n) is 5.31. The van der Waals surface area contributed by atoms with Crippen molar-refractivity contribution in [3.63, 3.8) is 0 Å². The zero-order valence-corrected chi connectivity index (χ0v) is 18.3. The summed E-state index contributed by atoms with van der Waals surface area (Å²) in [5.74, 6) is -2.85. The van der Waals surface area contributed by atoms with Crippen molar-refractivity contribution in [2.75, 3.05) is 38.0 Å². The highest BCUT2D eigenvalue weighted by Gasteiger charge is 2.30. The highest BCUT2D eigenvalue weighted by molar-refractivity contribution is 7.89. The van der Waals surface area contributed by atoms with Crippen LogP contribution in [0.25, 0.3) is 0 Å². The summed E-state index contributed by atoms with van der Waals surface area (Å²) >= 11 is 0. The van der Waals surface area contributed by atoms with E-state index in [1.807, 2.05) is 0 Å². The molecule has 0 saturated carbocycles. The molecule has 1 heterocycles. The SMILES string of the molecule is Cc1cc(NC(=O)CN2CCN(S(=O)(=O)c3ccc(F)c(F)c3)CC2)c([N+](=O)[O-])cc1C. The van der Waals surface area contributed by atoms with Gasteiger partial charge in [-0.3, -0.25) is 19.8 Å².